The smallest absolute Gasteiger partial charge is 0.213 e. The molecule has 0 spiro atoms. The summed E-state index contributed by atoms with van der Waals surface area (Å²) in [5.74, 6) is 1.65. The Morgan fingerprint density at radius 1 is 1.29 bits per heavy atom. The number of ether oxygens (including phenoxy) is 1. The number of nitrogens with zero attached hydrogens (tertiary/aromatic N) is 2. The average molecular weight is 340 g/mol. The molecule has 4 rings (SSSR count). The van der Waals surface area contributed by atoms with Crippen LogP contribution < -0.4 is 10.1 Å². The molecule has 3 heterocycles. The lowest BCUT2D eigenvalue weighted by atomic mass is 9.96. The molecule has 1 fully saturated rings. The van der Waals surface area contributed by atoms with Crippen LogP contribution in [0, 0.1) is 0 Å². The van der Waals surface area contributed by atoms with E-state index in [0.717, 1.165) is 36.7 Å². The molecule has 0 unspecified atom stereocenters. The van der Waals surface area contributed by atoms with E-state index in [1.807, 2.05) is 24.5 Å². The molecule has 0 bridgehead atoms. The quantitative estimate of drug-likeness (QED) is 0.689. The first-order valence-electron chi connectivity index (χ1n) is 8.26. The first-order chi connectivity index (χ1) is 11.9. The van der Waals surface area contributed by atoms with Crippen LogP contribution >= 0.6 is 11.3 Å². The third kappa shape index (κ3) is 3.49. The zero-order valence-electron chi connectivity index (χ0n) is 13.3. The maximum atomic E-state index is 5.89. The van der Waals surface area contributed by atoms with Gasteiger partial charge in [-0.2, -0.15) is 0 Å². The Labute approximate surface area is 145 Å². The van der Waals surface area contributed by atoms with Gasteiger partial charge < -0.3 is 9.72 Å². The summed E-state index contributed by atoms with van der Waals surface area (Å²) in [4.78, 5) is 13.2. The van der Waals surface area contributed by atoms with Crippen molar-refractivity contribution >= 4 is 11.3 Å². The zero-order valence-corrected chi connectivity index (χ0v) is 14.1. The summed E-state index contributed by atoms with van der Waals surface area (Å²) in [6, 6.07) is 8.30. The Kier molecular flexibility index (Phi) is 4.57. The van der Waals surface area contributed by atoms with Gasteiger partial charge in [0.05, 0.1) is 0 Å². The molecule has 24 heavy (non-hydrogen) atoms. The van der Waals surface area contributed by atoms with Crippen LogP contribution in [0.15, 0.2) is 48.2 Å². The first kappa shape index (κ1) is 15.4. The highest BCUT2D eigenvalue weighted by Crippen LogP contribution is 2.26. The lowest BCUT2D eigenvalue weighted by molar-refractivity contribution is 0.114. The second-order valence-electron chi connectivity index (χ2n) is 5.98. The van der Waals surface area contributed by atoms with Gasteiger partial charge in [0.15, 0.2) is 0 Å². The molecule has 0 saturated heterocycles. The average Bonchev–Trinajstić information content (AvgIpc) is 3.26. The van der Waals surface area contributed by atoms with Crippen molar-refractivity contribution in [1.82, 2.24) is 20.3 Å². The van der Waals surface area contributed by atoms with Gasteiger partial charge in [-0.1, -0.05) is 6.07 Å². The fourth-order valence-corrected chi connectivity index (χ4v) is 3.53. The molecule has 5 nitrogen and oxygen atoms in total. The molecular formula is C18H20N4OS. The van der Waals surface area contributed by atoms with Gasteiger partial charge in [-0.25, -0.2) is 9.97 Å². The number of aromatic nitrogens is 3. The summed E-state index contributed by atoms with van der Waals surface area (Å²) >= 11 is 1.73. The van der Waals surface area contributed by atoms with E-state index in [2.05, 4.69) is 37.8 Å². The van der Waals surface area contributed by atoms with E-state index < -0.39 is 0 Å². The standard InChI is InChI=1S/C18H20N4OS/c1-3-14(4-1)23-16-11-13(6-7-19-16)12-22-17(15-5-2-10-24-15)18-20-8-9-21-18/h2,5-11,14,17,22H,1,3-4,12H2,(H,20,21)/t17-/m1/s1. The Bertz CT molecular complexity index is 719. The van der Waals surface area contributed by atoms with Gasteiger partial charge in [0.2, 0.25) is 5.88 Å². The summed E-state index contributed by atoms with van der Waals surface area (Å²) in [7, 11) is 0. The van der Waals surface area contributed by atoms with Crippen molar-refractivity contribution in [3.63, 3.8) is 0 Å². The van der Waals surface area contributed by atoms with Gasteiger partial charge >= 0.3 is 0 Å². The molecular weight excluding hydrogens is 320 g/mol. The number of hydrogen-bond acceptors (Lipinski definition) is 5. The lowest BCUT2D eigenvalue weighted by Crippen LogP contribution is -2.25. The fourth-order valence-electron chi connectivity index (χ4n) is 2.73. The van der Waals surface area contributed by atoms with Crippen molar-refractivity contribution in [3.05, 3.63) is 64.5 Å². The van der Waals surface area contributed by atoms with Crippen LogP contribution in [0.25, 0.3) is 0 Å². The molecule has 2 N–H and O–H groups in total. The highest BCUT2D eigenvalue weighted by Gasteiger charge is 2.20. The number of imidazole rings is 1. The molecule has 1 saturated carbocycles. The van der Waals surface area contributed by atoms with E-state index in [0.29, 0.717) is 6.10 Å². The third-order valence-corrected chi connectivity index (χ3v) is 5.21. The molecule has 1 atom stereocenters. The SMILES string of the molecule is c1csc([C@@H](NCc2ccnc(OC3CCC3)c2)c2ncc[nH]2)c1. The summed E-state index contributed by atoms with van der Waals surface area (Å²) in [5, 5.41) is 5.67. The van der Waals surface area contributed by atoms with Gasteiger partial charge in [0.25, 0.3) is 0 Å². The Morgan fingerprint density at radius 3 is 2.96 bits per heavy atom. The van der Waals surface area contributed by atoms with Crippen LogP contribution in [0.4, 0.5) is 0 Å². The van der Waals surface area contributed by atoms with Crippen LogP contribution in [0.2, 0.25) is 0 Å². The Balaban J connectivity index is 1.45. The van der Waals surface area contributed by atoms with Gasteiger partial charge in [-0.3, -0.25) is 5.32 Å². The van der Waals surface area contributed by atoms with Crippen LogP contribution in [-0.2, 0) is 6.54 Å². The minimum atomic E-state index is 0.0594. The topological polar surface area (TPSA) is 62.8 Å². The second-order valence-corrected chi connectivity index (χ2v) is 6.96. The molecule has 124 valence electrons. The maximum Gasteiger partial charge on any atom is 0.213 e. The van der Waals surface area contributed by atoms with Crippen molar-refractivity contribution in [2.24, 2.45) is 0 Å². The van der Waals surface area contributed by atoms with E-state index in [1.54, 1.807) is 17.5 Å². The van der Waals surface area contributed by atoms with Crippen molar-refractivity contribution in [3.8, 4) is 5.88 Å². The second kappa shape index (κ2) is 7.15. The van der Waals surface area contributed by atoms with Crippen LogP contribution in [0.5, 0.6) is 5.88 Å². The van der Waals surface area contributed by atoms with E-state index in [4.69, 9.17) is 4.74 Å². The monoisotopic (exact) mass is 340 g/mol. The molecule has 1 aliphatic carbocycles. The van der Waals surface area contributed by atoms with E-state index in [1.165, 1.54) is 11.3 Å². The summed E-state index contributed by atoms with van der Waals surface area (Å²) < 4.78 is 5.89. The molecule has 1 aliphatic rings. The molecule has 0 aromatic carbocycles. The summed E-state index contributed by atoms with van der Waals surface area (Å²) in [5.41, 5.74) is 1.16. The highest BCUT2D eigenvalue weighted by atomic mass is 32.1. The Hall–Kier alpha value is -2.18. The van der Waals surface area contributed by atoms with E-state index >= 15 is 0 Å². The van der Waals surface area contributed by atoms with Gasteiger partial charge in [-0.05, 0) is 42.3 Å². The fraction of sp³-hybridized carbons (Fsp3) is 0.333. The van der Waals surface area contributed by atoms with Gasteiger partial charge in [0, 0.05) is 36.1 Å². The molecule has 6 heteroatoms. The predicted molar refractivity (Wildman–Crippen MR) is 94.1 cm³/mol. The van der Waals surface area contributed by atoms with Crippen LogP contribution in [0.3, 0.4) is 0 Å². The zero-order chi connectivity index (χ0) is 16.2. The largest absolute Gasteiger partial charge is 0.474 e. The number of H-pyrrole nitrogens is 1. The van der Waals surface area contributed by atoms with Crippen LogP contribution in [-0.4, -0.2) is 21.1 Å². The van der Waals surface area contributed by atoms with Crippen molar-refractivity contribution < 1.29 is 4.74 Å². The molecule has 3 aromatic heterocycles. The maximum absolute atomic E-state index is 5.89. The first-order valence-corrected chi connectivity index (χ1v) is 9.14. The number of nitrogens with one attached hydrogen (secondary N) is 2. The van der Waals surface area contributed by atoms with Crippen LogP contribution in [0.1, 0.15) is 41.6 Å². The van der Waals surface area contributed by atoms with Crippen molar-refractivity contribution in [1.29, 1.82) is 0 Å². The molecule has 0 amide bonds. The van der Waals surface area contributed by atoms with E-state index in [-0.39, 0.29) is 6.04 Å². The predicted octanol–water partition coefficient (Wildman–Crippen LogP) is 3.68. The highest BCUT2D eigenvalue weighted by molar-refractivity contribution is 7.10. The number of thiophene rings is 1. The summed E-state index contributed by atoms with van der Waals surface area (Å²) in [6.07, 6.45) is 9.35. The summed E-state index contributed by atoms with van der Waals surface area (Å²) in [6.45, 7) is 0.729. The van der Waals surface area contributed by atoms with Gasteiger partial charge in [0.1, 0.15) is 18.0 Å². The number of pyridine rings is 1. The van der Waals surface area contributed by atoms with Gasteiger partial charge in [-0.15, -0.1) is 11.3 Å². The number of aromatic amines is 1. The normalized spacial score (nSPS) is 15.8. The van der Waals surface area contributed by atoms with Crippen molar-refractivity contribution in [2.45, 2.75) is 38.0 Å². The lowest BCUT2D eigenvalue weighted by Gasteiger charge is -2.25. The minimum Gasteiger partial charge on any atom is -0.474 e. The number of hydrogen-bond donors (Lipinski definition) is 2. The third-order valence-electron chi connectivity index (χ3n) is 4.27. The number of rotatable bonds is 7. The molecule has 3 aromatic rings. The van der Waals surface area contributed by atoms with E-state index in [9.17, 15) is 0 Å². The minimum absolute atomic E-state index is 0.0594. The molecule has 0 radical (unpaired) electrons. The van der Waals surface area contributed by atoms with Crippen molar-refractivity contribution in [2.75, 3.05) is 0 Å². The molecule has 0 aliphatic heterocycles. The Morgan fingerprint density at radius 2 is 2.25 bits per heavy atom.